The number of aromatic nitrogens is 1. The van der Waals surface area contributed by atoms with Crippen LogP contribution in [0.25, 0.3) is 0 Å². The van der Waals surface area contributed by atoms with Crippen molar-refractivity contribution in [1.82, 2.24) is 9.88 Å². The van der Waals surface area contributed by atoms with Crippen molar-refractivity contribution in [3.8, 4) is 0 Å². The second kappa shape index (κ2) is 6.22. The number of thiazole rings is 1. The Morgan fingerprint density at radius 1 is 1.43 bits per heavy atom. The quantitative estimate of drug-likeness (QED) is 0.929. The van der Waals surface area contributed by atoms with Gasteiger partial charge in [0.25, 0.3) is 5.91 Å². The molecule has 2 rings (SSSR count). The summed E-state index contributed by atoms with van der Waals surface area (Å²) in [7, 11) is 1.96. The predicted octanol–water partition coefficient (Wildman–Crippen LogP) is 2.83. The number of nitrogens with zero attached hydrogens (tertiary/aromatic N) is 3. The summed E-state index contributed by atoms with van der Waals surface area (Å²) in [6.07, 6.45) is 3.30. The molecular weight excluding hydrogens is 284 g/mol. The fourth-order valence-electron chi connectivity index (χ4n) is 2.52. The number of amides is 1. The van der Waals surface area contributed by atoms with E-state index in [0.29, 0.717) is 16.1 Å². The molecule has 21 heavy (non-hydrogen) atoms. The molecule has 0 aromatic carbocycles. The van der Waals surface area contributed by atoms with Crippen LogP contribution in [0.5, 0.6) is 0 Å². The lowest BCUT2D eigenvalue weighted by Crippen LogP contribution is -2.41. The van der Waals surface area contributed by atoms with Crippen LogP contribution in [-0.4, -0.2) is 42.5 Å². The Hall–Kier alpha value is -1.30. The zero-order valence-electron chi connectivity index (χ0n) is 13.5. The Kier molecular flexibility index (Phi) is 4.76. The molecule has 0 spiro atoms. The monoisotopic (exact) mass is 310 g/mol. The average molecular weight is 310 g/mol. The van der Waals surface area contributed by atoms with Gasteiger partial charge in [0, 0.05) is 26.7 Å². The van der Waals surface area contributed by atoms with Gasteiger partial charge in [0.05, 0.1) is 0 Å². The topological polar surface area (TPSA) is 62.5 Å². The molecule has 5 nitrogen and oxygen atoms in total. The Morgan fingerprint density at radius 3 is 2.57 bits per heavy atom. The van der Waals surface area contributed by atoms with Crippen LogP contribution in [0.15, 0.2) is 0 Å². The van der Waals surface area contributed by atoms with E-state index in [-0.39, 0.29) is 5.91 Å². The summed E-state index contributed by atoms with van der Waals surface area (Å²) in [6, 6.07) is 0. The van der Waals surface area contributed by atoms with Gasteiger partial charge in [-0.15, -0.1) is 0 Å². The van der Waals surface area contributed by atoms with Crippen LogP contribution < -0.4 is 10.6 Å². The van der Waals surface area contributed by atoms with Gasteiger partial charge in [-0.05, 0) is 25.2 Å². The maximum absolute atomic E-state index is 12.6. The summed E-state index contributed by atoms with van der Waals surface area (Å²) in [6.45, 7) is 9.07. The molecule has 6 heteroatoms. The van der Waals surface area contributed by atoms with Crippen LogP contribution in [0.1, 0.15) is 49.7 Å². The predicted molar refractivity (Wildman–Crippen MR) is 89.0 cm³/mol. The summed E-state index contributed by atoms with van der Waals surface area (Å²) >= 11 is 1.40. The van der Waals surface area contributed by atoms with Crippen molar-refractivity contribution in [2.24, 2.45) is 5.41 Å². The lowest BCUT2D eigenvalue weighted by Gasteiger charge is -2.38. The van der Waals surface area contributed by atoms with E-state index in [0.717, 1.165) is 37.6 Å². The number of hydrogen-bond donors (Lipinski definition) is 1. The van der Waals surface area contributed by atoms with E-state index in [1.165, 1.54) is 17.8 Å². The molecule has 1 amide bonds. The first-order valence-corrected chi connectivity index (χ1v) is 8.48. The molecule has 0 bridgehead atoms. The number of nitrogen functional groups attached to an aromatic ring is 1. The van der Waals surface area contributed by atoms with Gasteiger partial charge >= 0.3 is 0 Å². The number of nitrogens with two attached hydrogens (primary N) is 1. The van der Waals surface area contributed by atoms with Crippen LogP contribution in [0, 0.1) is 5.41 Å². The first kappa shape index (κ1) is 16.1. The standard InChI is InChI=1S/C15H26N4OS/c1-5-15(3)7-9-19(10-8-15)13(20)11-12(16)17-14(21-11)18(4)6-2/h5-10,16H2,1-4H3. The molecule has 118 valence electrons. The van der Waals surface area contributed by atoms with Gasteiger partial charge in [-0.25, -0.2) is 4.98 Å². The molecule has 0 unspecified atom stereocenters. The highest BCUT2D eigenvalue weighted by Gasteiger charge is 2.32. The molecule has 0 radical (unpaired) electrons. The zero-order valence-corrected chi connectivity index (χ0v) is 14.3. The number of carbonyl (C=O) groups is 1. The molecule has 1 aromatic heterocycles. The van der Waals surface area contributed by atoms with E-state index in [4.69, 9.17) is 5.73 Å². The zero-order chi connectivity index (χ0) is 15.6. The van der Waals surface area contributed by atoms with Crippen molar-refractivity contribution in [2.45, 2.75) is 40.0 Å². The minimum absolute atomic E-state index is 0.0407. The second-order valence-corrected chi connectivity index (χ2v) is 7.16. The van der Waals surface area contributed by atoms with Crippen LogP contribution in [0.4, 0.5) is 10.9 Å². The molecule has 1 saturated heterocycles. The SMILES string of the molecule is CCN(C)c1nc(N)c(C(=O)N2CCC(C)(CC)CC2)s1. The Labute approximate surface area is 131 Å². The molecule has 1 aliphatic rings. The highest BCUT2D eigenvalue weighted by molar-refractivity contribution is 7.18. The molecule has 0 aliphatic carbocycles. The number of likely N-dealkylation sites (tertiary alicyclic amines) is 1. The van der Waals surface area contributed by atoms with Crippen molar-refractivity contribution < 1.29 is 4.79 Å². The maximum Gasteiger partial charge on any atom is 0.267 e. The van der Waals surface area contributed by atoms with Crippen molar-refractivity contribution in [3.05, 3.63) is 4.88 Å². The smallest absolute Gasteiger partial charge is 0.267 e. The van der Waals surface area contributed by atoms with Gasteiger partial charge in [-0.1, -0.05) is 31.6 Å². The number of piperidine rings is 1. The third kappa shape index (κ3) is 3.31. The molecular formula is C15H26N4OS. The number of hydrogen-bond acceptors (Lipinski definition) is 5. The van der Waals surface area contributed by atoms with E-state index >= 15 is 0 Å². The molecule has 1 fully saturated rings. The summed E-state index contributed by atoms with van der Waals surface area (Å²) in [5.41, 5.74) is 6.32. The van der Waals surface area contributed by atoms with E-state index in [1.54, 1.807) is 0 Å². The Balaban J connectivity index is 2.09. The van der Waals surface area contributed by atoms with Crippen LogP contribution >= 0.6 is 11.3 Å². The molecule has 0 saturated carbocycles. The molecule has 2 heterocycles. The van der Waals surface area contributed by atoms with Crippen LogP contribution in [0.2, 0.25) is 0 Å². The van der Waals surface area contributed by atoms with Crippen LogP contribution in [0.3, 0.4) is 0 Å². The Bertz CT molecular complexity index is 506. The van der Waals surface area contributed by atoms with Gasteiger partial charge < -0.3 is 15.5 Å². The number of carbonyl (C=O) groups excluding carboxylic acids is 1. The first-order chi connectivity index (χ1) is 9.90. The molecule has 2 N–H and O–H groups in total. The minimum Gasteiger partial charge on any atom is -0.382 e. The van der Waals surface area contributed by atoms with Gasteiger partial charge in [0.15, 0.2) is 5.13 Å². The third-order valence-electron chi connectivity index (χ3n) is 4.75. The normalized spacial score (nSPS) is 17.8. The van der Waals surface area contributed by atoms with Crippen LogP contribution in [-0.2, 0) is 0 Å². The summed E-state index contributed by atoms with van der Waals surface area (Å²) in [5.74, 6) is 0.406. The van der Waals surface area contributed by atoms with Gasteiger partial charge in [0.1, 0.15) is 10.7 Å². The molecule has 1 aliphatic heterocycles. The fourth-order valence-corrected chi connectivity index (χ4v) is 3.50. The summed E-state index contributed by atoms with van der Waals surface area (Å²) < 4.78 is 0. The van der Waals surface area contributed by atoms with E-state index < -0.39 is 0 Å². The third-order valence-corrected chi connectivity index (χ3v) is 5.92. The van der Waals surface area contributed by atoms with E-state index in [1.807, 2.05) is 16.8 Å². The largest absolute Gasteiger partial charge is 0.382 e. The molecule has 0 atom stereocenters. The van der Waals surface area contributed by atoms with Gasteiger partial charge in [-0.2, -0.15) is 0 Å². The summed E-state index contributed by atoms with van der Waals surface area (Å²) in [4.78, 5) is 21.5. The Morgan fingerprint density at radius 2 is 2.05 bits per heavy atom. The number of rotatable bonds is 4. The van der Waals surface area contributed by atoms with Crippen molar-refractivity contribution in [2.75, 3.05) is 37.3 Å². The van der Waals surface area contributed by atoms with Crippen molar-refractivity contribution in [3.63, 3.8) is 0 Å². The highest BCUT2D eigenvalue weighted by atomic mass is 32.1. The lowest BCUT2D eigenvalue weighted by atomic mass is 9.78. The molecule has 1 aromatic rings. The average Bonchev–Trinajstić information content (AvgIpc) is 2.88. The maximum atomic E-state index is 12.6. The van der Waals surface area contributed by atoms with Gasteiger partial charge in [0.2, 0.25) is 0 Å². The fraction of sp³-hybridized carbons (Fsp3) is 0.733. The number of anilines is 2. The van der Waals surface area contributed by atoms with Crippen molar-refractivity contribution in [1.29, 1.82) is 0 Å². The lowest BCUT2D eigenvalue weighted by molar-refractivity contribution is 0.0606. The van der Waals surface area contributed by atoms with E-state index in [9.17, 15) is 4.79 Å². The van der Waals surface area contributed by atoms with E-state index in [2.05, 4.69) is 25.8 Å². The van der Waals surface area contributed by atoms with Crippen molar-refractivity contribution >= 4 is 28.2 Å². The minimum atomic E-state index is 0.0407. The highest BCUT2D eigenvalue weighted by Crippen LogP contribution is 2.35. The second-order valence-electron chi connectivity index (χ2n) is 6.18. The summed E-state index contributed by atoms with van der Waals surface area (Å²) in [5, 5.41) is 0.814. The first-order valence-electron chi connectivity index (χ1n) is 7.67. The van der Waals surface area contributed by atoms with Gasteiger partial charge in [-0.3, -0.25) is 4.79 Å².